The molecule has 0 rings (SSSR count). The van der Waals surface area contributed by atoms with Crippen LogP contribution in [0, 0.1) is 0 Å². The van der Waals surface area contributed by atoms with Crippen molar-refractivity contribution in [3.63, 3.8) is 0 Å². The molecule has 0 atom stereocenters. The summed E-state index contributed by atoms with van der Waals surface area (Å²) in [6, 6.07) is 0. The fourth-order valence-electron chi connectivity index (χ4n) is 2.84. The van der Waals surface area contributed by atoms with E-state index in [1.807, 2.05) is 6.92 Å². The maximum Gasteiger partial charge on any atom is 0.333 e. The van der Waals surface area contributed by atoms with E-state index in [-0.39, 0.29) is 5.97 Å². The van der Waals surface area contributed by atoms with Crippen molar-refractivity contribution in [3.05, 3.63) is 11.6 Å². The van der Waals surface area contributed by atoms with Crippen molar-refractivity contribution in [2.45, 2.75) is 117 Å². The topological polar surface area (TPSA) is 26.3 Å². The van der Waals surface area contributed by atoms with E-state index in [0.29, 0.717) is 6.61 Å². The van der Waals surface area contributed by atoms with Crippen molar-refractivity contribution in [3.8, 4) is 0 Å². The minimum Gasteiger partial charge on any atom is -0.462 e. The molecule has 2 nitrogen and oxygen atoms in total. The smallest absolute Gasteiger partial charge is 0.333 e. The summed E-state index contributed by atoms with van der Waals surface area (Å²) in [6.45, 7) is 6.94. The molecule has 0 unspecified atom stereocenters. The molecule has 0 aromatic heterocycles. The van der Waals surface area contributed by atoms with Crippen molar-refractivity contribution < 1.29 is 9.53 Å². The number of unbranched alkanes of at least 4 members (excludes halogenated alkanes) is 13. The third-order valence-corrected chi connectivity index (χ3v) is 4.56. The first-order valence-corrected chi connectivity index (χ1v) is 10.6. The van der Waals surface area contributed by atoms with Crippen LogP contribution in [0.25, 0.3) is 0 Å². The van der Waals surface area contributed by atoms with Gasteiger partial charge in [0.1, 0.15) is 0 Å². The average Bonchev–Trinajstić information content (AvgIpc) is 2.59. The lowest BCUT2D eigenvalue weighted by atomic mass is 10.1. The molecule has 142 valence electrons. The van der Waals surface area contributed by atoms with Crippen LogP contribution in [-0.2, 0) is 9.53 Å². The third-order valence-electron chi connectivity index (χ3n) is 4.56. The van der Waals surface area contributed by atoms with Gasteiger partial charge in [-0.05, 0) is 26.2 Å². The van der Waals surface area contributed by atoms with Crippen molar-refractivity contribution in [1.29, 1.82) is 0 Å². The second kappa shape index (κ2) is 18.5. The summed E-state index contributed by atoms with van der Waals surface area (Å²) in [7, 11) is 0. The highest BCUT2D eigenvalue weighted by atomic mass is 16.5. The van der Waals surface area contributed by atoms with Gasteiger partial charge < -0.3 is 4.74 Å². The Morgan fingerprint density at radius 1 is 0.708 bits per heavy atom. The Labute approximate surface area is 151 Å². The Kier molecular flexibility index (Phi) is 17.9. The number of rotatable bonds is 17. The van der Waals surface area contributed by atoms with Crippen LogP contribution < -0.4 is 0 Å². The molecule has 0 N–H and O–H groups in total. The predicted octanol–water partition coefficient (Wildman–Crippen LogP) is 7.37. The molecule has 0 heterocycles. The van der Waals surface area contributed by atoms with Crippen LogP contribution in [0.3, 0.4) is 0 Å². The van der Waals surface area contributed by atoms with Crippen LogP contribution in [0.15, 0.2) is 11.6 Å². The third kappa shape index (κ3) is 16.1. The fraction of sp³-hybridized carbons (Fsp3) is 0.864. The molecular weight excluding hydrogens is 296 g/mol. The van der Waals surface area contributed by atoms with Gasteiger partial charge >= 0.3 is 5.97 Å². The van der Waals surface area contributed by atoms with E-state index in [0.717, 1.165) is 18.4 Å². The van der Waals surface area contributed by atoms with Crippen molar-refractivity contribution >= 4 is 5.97 Å². The minimum atomic E-state index is -0.122. The van der Waals surface area contributed by atoms with Crippen LogP contribution in [-0.4, -0.2) is 12.6 Å². The lowest BCUT2D eigenvalue weighted by Gasteiger charge is -2.05. The van der Waals surface area contributed by atoms with Gasteiger partial charge in [-0.15, -0.1) is 0 Å². The first-order chi connectivity index (χ1) is 11.7. The summed E-state index contributed by atoms with van der Waals surface area (Å²) in [5.41, 5.74) is 0.781. The first kappa shape index (κ1) is 23.2. The number of allylic oxidation sites excluding steroid dienone is 1. The quantitative estimate of drug-likeness (QED) is 0.157. The molecule has 0 spiro atoms. The zero-order chi connectivity index (χ0) is 17.9. The molecule has 0 bridgehead atoms. The highest BCUT2D eigenvalue weighted by Crippen LogP contribution is 2.11. The minimum absolute atomic E-state index is 0.122. The largest absolute Gasteiger partial charge is 0.462 e. The molecule has 0 amide bonds. The summed E-state index contributed by atoms with van der Waals surface area (Å²) >= 11 is 0. The molecule has 0 aliphatic carbocycles. The van der Waals surface area contributed by atoms with Gasteiger partial charge in [-0.3, -0.25) is 0 Å². The Morgan fingerprint density at radius 3 is 1.71 bits per heavy atom. The lowest BCUT2D eigenvalue weighted by Crippen LogP contribution is -2.07. The SMILES string of the molecule is CCCCCCCCCCC=C(C)C(=O)OCCCCCCCC. The van der Waals surface area contributed by atoms with Crippen molar-refractivity contribution in [2.24, 2.45) is 0 Å². The molecule has 0 saturated carbocycles. The molecule has 0 aliphatic heterocycles. The van der Waals surface area contributed by atoms with E-state index in [1.54, 1.807) is 0 Å². The Morgan fingerprint density at radius 2 is 1.17 bits per heavy atom. The van der Waals surface area contributed by atoms with Gasteiger partial charge in [-0.25, -0.2) is 4.79 Å². The summed E-state index contributed by atoms with van der Waals surface area (Å²) in [5, 5.41) is 0. The zero-order valence-electron chi connectivity index (χ0n) is 16.7. The molecule has 0 aromatic carbocycles. The number of hydrogen-bond acceptors (Lipinski definition) is 2. The number of esters is 1. The lowest BCUT2D eigenvalue weighted by molar-refractivity contribution is -0.139. The van der Waals surface area contributed by atoms with Gasteiger partial charge in [0.15, 0.2) is 0 Å². The summed E-state index contributed by atoms with van der Waals surface area (Å²) in [4.78, 5) is 11.9. The van der Waals surface area contributed by atoms with Gasteiger partial charge in [-0.2, -0.15) is 0 Å². The van der Waals surface area contributed by atoms with Crippen LogP contribution in [0.4, 0.5) is 0 Å². The maximum atomic E-state index is 11.9. The summed E-state index contributed by atoms with van der Waals surface area (Å²) in [6.07, 6.45) is 21.0. The molecule has 0 aliphatic rings. The van der Waals surface area contributed by atoms with Gasteiger partial charge in [0.05, 0.1) is 6.61 Å². The van der Waals surface area contributed by atoms with Crippen molar-refractivity contribution in [2.75, 3.05) is 6.61 Å². The number of hydrogen-bond donors (Lipinski definition) is 0. The predicted molar refractivity (Wildman–Crippen MR) is 105 cm³/mol. The monoisotopic (exact) mass is 338 g/mol. The van der Waals surface area contributed by atoms with Gasteiger partial charge in [0, 0.05) is 5.57 Å². The Hall–Kier alpha value is -0.790. The summed E-state index contributed by atoms with van der Waals surface area (Å²) < 4.78 is 5.34. The average molecular weight is 339 g/mol. The standard InChI is InChI=1S/C22H42O2/c1-4-6-8-10-12-13-14-15-17-19-21(3)22(23)24-20-18-16-11-9-7-5-2/h19H,4-18,20H2,1-3H3. The van der Waals surface area contributed by atoms with E-state index in [2.05, 4.69) is 19.9 Å². The Bertz CT molecular complexity index is 307. The van der Waals surface area contributed by atoms with Crippen molar-refractivity contribution in [1.82, 2.24) is 0 Å². The molecule has 0 fully saturated rings. The fourth-order valence-corrected chi connectivity index (χ4v) is 2.84. The second-order valence-corrected chi connectivity index (χ2v) is 7.05. The molecular formula is C22H42O2. The normalized spacial score (nSPS) is 11.7. The number of carbonyl (C=O) groups is 1. The maximum absolute atomic E-state index is 11.9. The number of carbonyl (C=O) groups excluding carboxylic acids is 1. The van der Waals surface area contributed by atoms with Crippen LogP contribution in [0.2, 0.25) is 0 Å². The number of ether oxygens (including phenoxy) is 1. The molecule has 2 heteroatoms. The van der Waals surface area contributed by atoms with Crippen LogP contribution in [0.1, 0.15) is 117 Å². The molecule has 0 saturated heterocycles. The zero-order valence-corrected chi connectivity index (χ0v) is 16.7. The molecule has 0 radical (unpaired) electrons. The van der Waals surface area contributed by atoms with E-state index < -0.39 is 0 Å². The van der Waals surface area contributed by atoms with E-state index >= 15 is 0 Å². The van der Waals surface area contributed by atoms with Gasteiger partial charge in [-0.1, -0.05) is 97.0 Å². The van der Waals surface area contributed by atoms with Crippen LogP contribution >= 0.6 is 0 Å². The van der Waals surface area contributed by atoms with E-state index in [4.69, 9.17) is 4.74 Å². The molecule has 0 aromatic rings. The van der Waals surface area contributed by atoms with Gasteiger partial charge in [0.25, 0.3) is 0 Å². The molecule has 24 heavy (non-hydrogen) atoms. The van der Waals surface area contributed by atoms with E-state index in [9.17, 15) is 4.79 Å². The Balaban J connectivity index is 3.47. The summed E-state index contributed by atoms with van der Waals surface area (Å²) in [5.74, 6) is -0.122. The van der Waals surface area contributed by atoms with E-state index in [1.165, 1.54) is 83.5 Å². The highest BCUT2D eigenvalue weighted by molar-refractivity contribution is 5.87. The second-order valence-electron chi connectivity index (χ2n) is 7.05. The highest BCUT2D eigenvalue weighted by Gasteiger charge is 2.04. The van der Waals surface area contributed by atoms with Crippen LogP contribution in [0.5, 0.6) is 0 Å². The first-order valence-electron chi connectivity index (χ1n) is 10.6. The van der Waals surface area contributed by atoms with Gasteiger partial charge in [0.2, 0.25) is 0 Å².